The van der Waals surface area contributed by atoms with Crippen molar-refractivity contribution in [3.8, 4) is 5.69 Å². The van der Waals surface area contributed by atoms with Gasteiger partial charge in [0, 0.05) is 10.9 Å². The number of carbonyl (C=O) groups is 1. The van der Waals surface area contributed by atoms with Crippen LogP contribution in [0.15, 0.2) is 22.8 Å². The Labute approximate surface area is 133 Å². The van der Waals surface area contributed by atoms with Gasteiger partial charge in [-0.05, 0) is 30.0 Å². The number of hydrogen-bond acceptors (Lipinski definition) is 3. The van der Waals surface area contributed by atoms with E-state index in [0.717, 1.165) is 40.0 Å². The lowest BCUT2D eigenvalue weighted by molar-refractivity contribution is -0.255. The summed E-state index contributed by atoms with van der Waals surface area (Å²) in [6.07, 6.45) is 3.67. The molecular formula is C16H18BrN2O2-. The maximum absolute atomic E-state index is 11.4. The van der Waals surface area contributed by atoms with Crippen molar-refractivity contribution in [3.63, 3.8) is 0 Å². The van der Waals surface area contributed by atoms with Crippen molar-refractivity contribution in [3.05, 3.63) is 45.4 Å². The van der Waals surface area contributed by atoms with Gasteiger partial charge in [-0.3, -0.25) is 4.57 Å². The van der Waals surface area contributed by atoms with Crippen LogP contribution in [0.2, 0.25) is 0 Å². The van der Waals surface area contributed by atoms with Crippen LogP contribution in [0.25, 0.3) is 5.69 Å². The molecule has 0 fully saturated rings. The number of rotatable bonds is 5. The molecule has 0 aliphatic rings. The Hall–Kier alpha value is -1.62. The lowest BCUT2D eigenvalue weighted by Gasteiger charge is -2.20. The zero-order chi connectivity index (χ0) is 15.6. The Kier molecular flexibility index (Phi) is 4.83. The number of aromatic nitrogens is 2. The fourth-order valence-corrected chi connectivity index (χ4v) is 3.19. The maximum atomic E-state index is 11.4. The van der Waals surface area contributed by atoms with Crippen molar-refractivity contribution in [1.82, 2.24) is 9.55 Å². The van der Waals surface area contributed by atoms with Crippen LogP contribution in [0.3, 0.4) is 0 Å². The average Bonchev–Trinajstić information content (AvgIpc) is 2.90. The van der Waals surface area contributed by atoms with E-state index in [1.165, 1.54) is 6.20 Å². The van der Waals surface area contributed by atoms with Crippen molar-refractivity contribution in [1.29, 1.82) is 0 Å². The summed E-state index contributed by atoms with van der Waals surface area (Å²) in [5, 5.41) is 11.4. The first-order chi connectivity index (χ1) is 10.0. The third-order valence-corrected chi connectivity index (χ3v) is 4.37. The molecule has 21 heavy (non-hydrogen) atoms. The van der Waals surface area contributed by atoms with Crippen LogP contribution < -0.4 is 5.11 Å². The molecule has 0 amide bonds. The SMILES string of the molecule is CCc1ccc(Br)c(CC)c1-n1c(C(=O)[O-])cnc1CC. The molecule has 1 aromatic heterocycles. The minimum absolute atomic E-state index is 0.106. The highest BCUT2D eigenvalue weighted by molar-refractivity contribution is 9.10. The summed E-state index contributed by atoms with van der Waals surface area (Å²) in [5.41, 5.74) is 3.21. The van der Waals surface area contributed by atoms with Gasteiger partial charge in [-0.25, -0.2) is 4.98 Å². The minimum atomic E-state index is -1.20. The van der Waals surface area contributed by atoms with Crippen molar-refractivity contribution in [2.75, 3.05) is 0 Å². The van der Waals surface area contributed by atoms with Crippen LogP contribution in [0.4, 0.5) is 0 Å². The molecule has 0 radical (unpaired) electrons. The highest BCUT2D eigenvalue weighted by atomic mass is 79.9. The molecule has 0 aliphatic heterocycles. The molecule has 112 valence electrons. The molecule has 0 saturated carbocycles. The van der Waals surface area contributed by atoms with Gasteiger partial charge in [0.2, 0.25) is 0 Å². The van der Waals surface area contributed by atoms with Crippen molar-refractivity contribution < 1.29 is 9.90 Å². The summed E-state index contributed by atoms with van der Waals surface area (Å²) in [7, 11) is 0. The summed E-state index contributed by atoms with van der Waals surface area (Å²) in [6, 6.07) is 4.04. The van der Waals surface area contributed by atoms with E-state index >= 15 is 0 Å². The van der Waals surface area contributed by atoms with Gasteiger partial charge in [0.05, 0.1) is 23.5 Å². The summed E-state index contributed by atoms with van der Waals surface area (Å²) in [6.45, 7) is 6.09. The van der Waals surface area contributed by atoms with Crippen molar-refractivity contribution in [2.45, 2.75) is 40.0 Å². The third-order valence-electron chi connectivity index (χ3n) is 3.63. The number of nitrogens with zero attached hydrogens (tertiary/aromatic N) is 2. The molecule has 0 aliphatic carbocycles. The van der Waals surface area contributed by atoms with Crippen LogP contribution in [-0.4, -0.2) is 15.5 Å². The van der Waals surface area contributed by atoms with Gasteiger partial charge in [-0.15, -0.1) is 0 Å². The highest BCUT2D eigenvalue weighted by Crippen LogP contribution is 2.30. The normalized spacial score (nSPS) is 10.9. The number of aryl methyl sites for hydroxylation is 2. The lowest BCUT2D eigenvalue weighted by atomic mass is 10.0. The van der Waals surface area contributed by atoms with Gasteiger partial charge in [-0.2, -0.15) is 0 Å². The van der Waals surface area contributed by atoms with Gasteiger partial charge in [0.15, 0.2) is 0 Å². The predicted molar refractivity (Wildman–Crippen MR) is 83.7 cm³/mol. The number of imidazole rings is 1. The van der Waals surface area contributed by atoms with E-state index in [-0.39, 0.29) is 5.69 Å². The van der Waals surface area contributed by atoms with Gasteiger partial charge in [0.25, 0.3) is 0 Å². The van der Waals surface area contributed by atoms with Crippen LogP contribution in [0, 0.1) is 0 Å². The molecule has 1 heterocycles. The van der Waals surface area contributed by atoms with Gasteiger partial charge in [0.1, 0.15) is 5.82 Å². The molecule has 0 bridgehead atoms. The number of hydrogen-bond donors (Lipinski definition) is 0. The standard InChI is InChI=1S/C16H19BrN2O2/c1-4-10-7-8-12(17)11(5-2)15(10)19-13(16(20)21)9-18-14(19)6-3/h7-9H,4-6H2,1-3H3,(H,20,21)/p-1. The minimum Gasteiger partial charge on any atom is -0.543 e. The second-order valence-electron chi connectivity index (χ2n) is 4.78. The lowest BCUT2D eigenvalue weighted by Crippen LogP contribution is -2.26. The number of halogens is 1. The molecule has 0 saturated heterocycles. The average molecular weight is 350 g/mol. The maximum Gasteiger partial charge on any atom is 0.113 e. The second kappa shape index (κ2) is 6.43. The Morgan fingerprint density at radius 1 is 1.24 bits per heavy atom. The summed E-state index contributed by atoms with van der Waals surface area (Å²) in [5.74, 6) is -0.469. The quantitative estimate of drug-likeness (QED) is 0.833. The monoisotopic (exact) mass is 349 g/mol. The third kappa shape index (κ3) is 2.75. The number of carboxylic acids is 1. The molecular weight excluding hydrogens is 332 g/mol. The van der Waals surface area contributed by atoms with E-state index in [1.807, 2.05) is 19.1 Å². The summed E-state index contributed by atoms with van der Waals surface area (Å²) < 4.78 is 2.72. The fraction of sp³-hybridized carbons (Fsp3) is 0.375. The van der Waals surface area contributed by atoms with Gasteiger partial charge >= 0.3 is 0 Å². The Morgan fingerprint density at radius 2 is 1.95 bits per heavy atom. The van der Waals surface area contributed by atoms with Crippen molar-refractivity contribution >= 4 is 21.9 Å². The number of carbonyl (C=O) groups excluding carboxylic acids is 1. The topological polar surface area (TPSA) is 58.0 Å². The molecule has 0 spiro atoms. The van der Waals surface area contributed by atoms with Crippen LogP contribution in [0.1, 0.15) is 48.2 Å². The fourth-order valence-electron chi connectivity index (χ4n) is 2.59. The van der Waals surface area contributed by atoms with E-state index in [9.17, 15) is 9.90 Å². The Bertz CT molecular complexity index is 677. The molecule has 2 rings (SSSR count). The molecule has 0 unspecified atom stereocenters. The van der Waals surface area contributed by atoms with Crippen LogP contribution in [-0.2, 0) is 19.3 Å². The number of benzene rings is 1. The summed E-state index contributed by atoms with van der Waals surface area (Å²) in [4.78, 5) is 15.7. The first-order valence-corrected chi connectivity index (χ1v) is 7.92. The molecule has 4 nitrogen and oxygen atoms in total. The van der Waals surface area contributed by atoms with E-state index in [2.05, 4.69) is 34.8 Å². The van der Waals surface area contributed by atoms with E-state index < -0.39 is 5.97 Å². The first kappa shape index (κ1) is 15.8. The molecule has 0 atom stereocenters. The predicted octanol–water partition coefficient (Wildman–Crippen LogP) is 2.69. The van der Waals surface area contributed by atoms with Gasteiger partial charge in [-0.1, -0.05) is 42.8 Å². The van der Waals surface area contributed by atoms with E-state index in [4.69, 9.17) is 0 Å². The zero-order valence-corrected chi connectivity index (χ0v) is 14.0. The number of aromatic carboxylic acids is 1. The van der Waals surface area contributed by atoms with Crippen LogP contribution in [0.5, 0.6) is 0 Å². The van der Waals surface area contributed by atoms with Gasteiger partial charge < -0.3 is 9.90 Å². The van der Waals surface area contributed by atoms with Crippen LogP contribution >= 0.6 is 15.9 Å². The largest absolute Gasteiger partial charge is 0.543 e. The smallest absolute Gasteiger partial charge is 0.113 e. The molecule has 2 aromatic rings. The zero-order valence-electron chi connectivity index (χ0n) is 12.4. The summed E-state index contributed by atoms with van der Waals surface area (Å²) >= 11 is 3.57. The van der Waals surface area contributed by atoms with E-state index in [0.29, 0.717) is 6.42 Å². The van der Waals surface area contributed by atoms with E-state index in [1.54, 1.807) is 4.57 Å². The highest BCUT2D eigenvalue weighted by Gasteiger charge is 2.18. The second-order valence-corrected chi connectivity index (χ2v) is 5.63. The Morgan fingerprint density at radius 3 is 2.48 bits per heavy atom. The molecule has 5 heteroatoms. The first-order valence-electron chi connectivity index (χ1n) is 7.13. The van der Waals surface area contributed by atoms with Crippen molar-refractivity contribution in [2.24, 2.45) is 0 Å². The molecule has 1 aromatic carbocycles. The number of carboxylic acid groups (broad SMARTS) is 1. The molecule has 0 N–H and O–H groups in total. The Balaban J connectivity index is 2.86.